The summed E-state index contributed by atoms with van der Waals surface area (Å²) in [6.07, 6.45) is 1.01. The molecule has 2 rings (SSSR count). The Balaban J connectivity index is 2.21. The van der Waals surface area contributed by atoms with Gasteiger partial charge >= 0.3 is 0 Å². The molecule has 1 saturated heterocycles. The van der Waals surface area contributed by atoms with Crippen LogP contribution in [0.4, 0.5) is 5.95 Å². The first kappa shape index (κ1) is 12.3. The molecule has 0 aliphatic carbocycles. The largest absolute Gasteiger partial charge is 0.372 e. The van der Waals surface area contributed by atoms with Gasteiger partial charge in [0.15, 0.2) is 0 Å². The Labute approximate surface area is 103 Å². The quantitative estimate of drug-likeness (QED) is 0.787. The van der Waals surface area contributed by atoms with Gasteiger partial charge in [0, 0.05) is 24.5 Å². The van der Waals surface area contributed by atoms with Gasteiger partial charge in [-0.15, -0.1) is 0 Å². The smallest absolute Gasteiger partial charge is 0.225 e. The summed E-state index contributed by atoms with van der Waals surface area (Å²) in [5, 5.41) is 0. The van der Waals surface area contributed by atoms with Gasteiger partial charge in [0.1, 0.15) is 0 Å². The van der Waals surface area contributed by atoms with E-state index in [1.165, 1.54) is 0 Å². The van der Waals surface area contributed by atoms with E-state index < -0.39 is 0 Å². The fourth-order valence-corrected chi connectivity index (χ4v) is 2.16. The maximum absolute atomic E-state index is 5.83. The number of aromatic nitrogens is 2. The Bertz CT molecular complexity index is 387. The number of ether oxygens (including phenoxy) is 1. The van der Waals surface area contributed by atoms with Gasteiger partial charge in [-0.1, -0.05) is 6.92 Å². The lowest BCUT2D eigenvalue weighted by molar-refractivity contribution is -0.0445. The molecule has 0 N–H and O–H groups in total. The van der Waals surface area contributed by atoms with Crippen LogP contribution >= 0.6 is 0 Å². The van der Waals surface area contributed by atoms with Gasteiger partial charge in [0.2, 0.25) is 5.95 Å². The summed E-state index contributed by atoms with van der Waals surface area (Å²) in [5.74, 6) is 0.838. The van der Waals surface area contributed by atoms with E-state index in [0.29, 0.717) is 0 Å². The van der Waals surface area contributed by atoms with Crippen LogP contribution in [0.25, 0.3) is 0 Å². The normalized spacial score (nSPS) is 25.1. The summed E-state index contributed by atoms with van der Waals surface area (Å²) in [6.45, 7) is 10.8. The van der Waals surface area contributed by atoms with Gasteiger partial charge in [-0.05, 0) is 33.3 Å². The van der Waals surface area contributed by atoms with Crippen LogP contribution in [0, 0.1) is 13.8 Å². The fraction of sp³-hybridized carbons (Fsp3) is 0.692. The van der Waals surface area contributed by atoms with Crippen LogP contribution in [0.3, 0.4) is 0 Å². The van der Waals surface area contributed by atoms with Crippen LogP contribution in [0.1, 0.15) is 31.7 Å². The Hall–Kier alpha value is -1.16. The molecular formula is C13H21N3O. The van der Waals surface area contributed by atoms with E-state index >= 15 is 0 Å². The molecule has 17 heavy (non-hydrogen) atoms. The van der Waals surface area contributed by atoms with Crippen LogP contribution in [0.15, 0.2) is 6.07 Å². The monoisotopic (exact) mass is 235 g/mol. The highest BCUT2D eigenvalue weighted by Gasteiger charge is 2.31. The van der Waals surface area contributed by atoms with Gasteiger partial charge in [0.25, 0.3) is 0 Å². The van der Waals surface area contributed by atoms with Gasteiger partial charge in [-0.3, -0.25) is 0 Å². The molecule has 1 fully saturated rings. The van der Waals surface area contributed by atoms with E-state index in [-0.39, 0.29) is 5.60 Å². The predicted octanol–water partition coefficient (Wildman–Crippen LogP) is 2.10. The second kappa shape index (κ2) is 4.61. The molecule has 0 radical (unpaired) electrons. The Morgan fingerprint density at radius 1 is 1.35 bits per heavy atom. The molecule has 2 heterocycles. The molecular weight excluding hydrogens is 214 g/mol. The third-order valence-corrected chi connectivity index (χ3v) is 3.34. The molecule has 1 aliphatic heterocycles. The molecule has 94 valence electrons. The predicted molar refractivity (Wildman–Crippen MR) is 68.4 cm³/mol. The summed E-state index contributed by atoms with van der Waals surface area (Å²) in [4.78, 5) is 11.3. The highest BCUT2D eigenvalue weighted by atomic mass is 16.5. The highest BCUT2D eigenvalue weighted by Crippen LogP contribution is 2.23. The molecule has 0 spiro atoms. The van der Waals surface area contributed by atoms with Crippen LogP contribution < -0.4 is 4.90 Å². The number of anilines is 1. The fourth-order valence-electron chi connectivity index (χ4n) is 2.16. The van der Waals surface area contributed by atoms with E-state index in [9.17, 15) is 0 Å². The number of nitrogens with zero attached hydrogens (tertiary/aromatic N) is 3. The first-order valence-corrected chi connectivity index (χ1v) is 6.23. The van der Waals surface area contributed by atoms with Crippen molar-refractivity contribution in [1.82, 2.24) is 9.97 Å². The first-order chi connectivity index (χ1) is 8.02. The zero-order valence-electron chi connectivity index (χ0n) is 11.2. The van der Waals surface area contributed by atoms with Crippen molar-refractivity contribution >= 4 is 5.95 Å². The van der Waals surface area contributed by atoms with Gasteiger partial charge < -0.3 is 9.64 Å². The minimum Gasteiger partial charge on any atom is -0.372 e. The number of rotatable bonds is 2. The minimum absolute atomic E-state index is 0.0702. The first-order valence-electron chi connectivity index (χ1n) is 6.23. The summed E-state index contributed by atoms with van der Waals surface area (Å²) in [7, 11) is 0. The zero-order valence-corrected chi connectivity index (χ0v) is 11.2. The standard InChI is InChI=1S/C13H21N3O/c1-5-13(4)9-16(6-7-17-13)12-14-10(2)8-11(3)15-12/h8H,5-7,9H2,1-4H3. The molecule has 4 heteroatoms. The van der Waals surface area contributed by atoms with E-state index in [2.05, 4.69) is 28.7 Å². The second-order valence-electron chi connectivity index (χ2n) is 5.02. The van der Waals surface area contributed by atoms with E-state index in [1.807, 2.05) is 19.9 Å². The Morgan fingerprint density at radius 2 is 2.00 bits per heavy atom. The Kier molecular flexibility index (Phi) is 3.33. The van der Waals surface area contributed by atoms with Crippen molar-refractivity contribution in [1.29, 1.82) is 0 Å². The second-order valence-corrected chi connectivity index (χ2v) is 5.02. The van der Waals surface area contributed by atoms with Crippen LogP contribution in [-0.2, 0) is 4.74 Å². The van der Waals surface area contributed by atoms with Crippen molar-refractivity contribution in [2.24, 2.45) is 0 Å². The topological polar surface area (TPSA) is 38.2 Å². The van der Waals surface area contributed by atoms with Crippen molar-refractivity contribution in [3.05, 3.63) is 17.5 Å². The average Bonchev–Trinajstić information content (AvgIpc) is 2.28. The van der Waals surface area contributed by atoms with Crippen molar-refractivity contribution in [3.63, 3.8) is 0 Å². The van der Waals surface area contributed by atoms with E-state index in [1.54, 1.807) is 0 Å². The Morgan fingerprint density at radius 3 is 2.59 bits per heavy atom. The maximum atomic E-state index is 5.83. The highest BCUT2D eigenvalue weighted by molar-refractivity contribution is 5.33. The summed E-state index contributed by atoms with van der Waals surface area (Å²) in [5.41, 5.74) is 1.98. The van der Waals surface area contributed by atoms with Crippen molar-refractivity contribution in [2.45, 2.75) is 39.7 Å². The summed E-state index contributed by atoms with van der Waals surface area (Å²) < 4.78 is 5.83. The maximum Gasteiger partial charge on any atom is 0.225 e. The van der Waals surface area contributed by atoms with Gasteiger partial charge in [-0.25, -0.2) is 9.97 Å². The number of hydrogen-bond donors (Lipinski definition) is 0. The third-order valence-electron chi connectivity index (χ3n) is 3.34. The molecule has 0 amide bonds. The molecule has 1 aromatic rings. The van der Waals surface area contributed by atoms with Gasteiger partial charge in [0.05, 0.1) is 12.2 Å². The molecule has 4 nitrogen and oxygen atoms in total. The van der Waals surface area contributed by atoms with Crippen molar-refractivity contribution < 1.29 is 4.74 Å². The van der Waals surface area contributed by atoms with Crippen LogP contribution in [0.5, 0.6) is 0 Å². The molecule has 1 atom stereocenters. The molecule has 1 aliphatic rings. The summed E-state index contributed by atoms with van der Waals surface area (Å²) in [6, 6.07) is 2.00. The zero-order chi connectivity index (χ0) is 12.5. The molecule has 0 aromatic carbocycles. The van der Waals surface area contributed by atoms with Gasteiger partial charge in [-0.2, -0.15) is 0 Å². The molecule has 0 saturated carbocycles. The average molecular weight is 235 g/mol. The summed E-state index contributed by atoms with van der Waals surface area (Å²) >= 11 is 0. The van der Waals surface area contributed by atoms with E-state index in [0.717, 1.165) is 43.5 Å². The SMILES string of the molecule is CCC1(C)CN(c2nc(C)cc(C)n2)CCO1. The lowest BCUT2D eigenvalue weighted by Gasteiger charge is -2.40. The lowest BCUT2D eigenvalue weighted by atomic mass is 10.0. The van der Waals surface area contributed by atoms with Crippen molar-refractivity contribution in [3.8, 4) is 0 Å². The van der Waals surface area contributed by atoms with Crippen molar-refractivity contribution in [2.75, 3.05) is 24.6 Å². The number of hydrogen-bond acceptors (Lipinski definition) is 4. The van der Waals surface area contributed by atoms with E-state index in [4.69, 9.17) is 4.74 Å². The number of morpholine rings is 1. The minimum atomic E-state index is -0.0702. The lowest BCUT2D eigenvalue weighted by Crippen LogP contribution is -2.50. The van der Waals surface area contributed by atoms with Crippen LogP contribution in [-0.4, -0.2) is 35.3 Å². The number of aryl methyl sites for hydroxylation is 2. The molecule has 1 unspecified atom stereocenters. The molecule has 1 aromatic heterocycles. The van der Waals surface area contributed by atoms with Crippen LogP contribution in [0.2, 0.25) is 0 Å². The third kappa shape index (κ3) is 2.75. The molecule has 0 bridgehead atoms.